The lowest BCUT2D eigenvalue weighted by Gasteiger charge is -2.15. The third-order valence-electron chi connectivity index (χ3n) is 9.74. The van der Waals surface area contributed by atoms with Crippen molar-refractivity contribution in [3.63, 3.8) is 0 Å². The first-order chi connectivity index (χ1) is 32.6. The van der Waals surface area contributed by atoms with E-state index in [0.29, 0.717) is 0 Å². The molecule has 26 heteroatoms. The number of rotatable bonds is 15. The summed E-state index contributed by atoms with van der Waals surface area (Å²) >= 11 is -3.27. The number of hydrogen-bond acceptors (Lipinski definition) is 18. The van der Waals surface area contributed by atoms with Crippen LogP contribution in [0.25, 0.3) is 21.5 Å². The molecule has 8 N–H and O–H groups in total. The summed E-state index contributed by atoms with van der Waals surface area (Å²) in [5.74, 6) is -5.05. The Morgan fingerprint density at radius 3 is 1.94 bits per heavy atom. The summed E-state index contributed by atoms with van der Waals surface area (Å²) in [5.41, 5.74) is -2.26. The molecule has 7 rings (SSSR count). The van der Waals surface area contributed by atoms with Gasteiger partial charge in [0.25, 0.3) is 26.1 Å². The second-order valence-corrected chi connectivity index (χ2v) is 17.7. The number of aromatic carboxylic acids is 1. The molecule has 0 saturated carbocycles. The number of anilines is 4. The lowest BCUT2D eigenvalue weighted by molar-refractivity contribution is -0.114. The van der Waals surface area contributed by atoms with Gasteiger partial charge in [0.1, 0.15) is 44.0 Å². The molecule has 0 fully saturated rings. The Balaban J connectivity index is 1.23. The number of fused-ring (bicyclic) bond motifs is 2. The fourth-order valence-electron chi connectivity index (χ4n) is 6.71. The van der Waals surface area contributed by atoms with Crippen LogP contribution in [-0.4, -0.2) is 74.9 Å². The van der Waals surface area contributed by atoms with Crippen molar-refractivity contribution in [1.29, 1.82) is 0 Å². The Labute approximate surface area is 391 Å². The molecule has 0 bridgehead atoms. The van der Waals surface area contributed by atoms with Gasteiger partial charge in [-0.25, -0.2) is 9.00 Å². The van der Waals surface area contributed by atoms with Crippen LogP contribution < -0.4 is 24.9 Å². The molecule has 69 heavy (non-hydrogen) atoms. The Hall–Kier alpha value is -8.40. The first-order valence-corrected chi connectivity index (χ1v) is 23.1. The standard InChI is InChI=1S/C43H33N7O16S3/c1-21(51)44-26-9-8-23-16-37(69(62,63)64)39(41(53)29(23)17-26)50-48-33-19-30(43(55)56)32(20-34(33)65-2)47-49-38-35(66-67(57)58)15-24-14-25(10-12-28(24)40(38)52)45-27-11-13-31(36(18-27)68(59,60)61)46-42(54)22-6-4-3-5-7-22/h3-20,45,52-53H,1-2H3,(H,44,51)(H,46,54)(H,55,56)(H,57,58)(H,59,60,61)(H,62,63,64)/p-1. The predicted octanol–water partition coefficient (Wildman–Crippen LogP) is 8.56. The van der Waals surface area contributed by atoms with Crippen molar-refractivity contribution in [2.75, 3.05) is 23.1 Å². The summed E-state index contributed by atoms with van der Waals surface area (Å²) in [4.78, 5) is 35.4. The highest BCUT2D eigenvalue weighted by Crippen LogP contribution is 2.47. The van der Waals surface area contributed by atoms with E-state index in [2.05, 4.69) is 36.4 Å². The molecule has 0 aliphatic heterocycles. The molecule has 7 aromatic rings. The number of methoxy groups -OCH3 is 1. The molecule has 23 nitrogen and oxygen atoms in total. The largest absolute Gasteiger partial charge is 0.740 e. The normalized spacial score (nSPS) is 12.3. The third kappa shape index (κ3) is 10.9. The lowest BCUT2D eigenvalue weighted by atomic mass is 10.1. The number of carbonyl (C=O) groups is 3. The van der Waals surface area contributed by atoms with E-state index >= 15 is 0 Å². The fraction of sp³-hybridized carbons (Fsp3) is 0.0465. The van der Waals surface area contributed by atoms with Gasteiger partial charge in [0.05, 0.1) is 18.4 Å². The number of carbonyl (C=O) groups excluding carboxylic acids is 2. The maximum Gasteiger partial charge on any atom is 0.338 e. The zero-order valence-corrected chi connectivity index (χ0v) is 37.6. The van der Waals surface area contributed by atoms with Crippen LogP contribution in [0.1, 0.15) is 27.6 Å². The van der Waals surface area contributed by atoms with Gasteiger partial charge in [-0.2, -0.15) is 16.8 Å². The summed E-state index contributed by atoms with van der Waals surface area (Å²) in [7, 11) is -8.81. The quantitative estimate of drug-likeness (QED) is 0.0271. The average molecular weight is 999 g/mol. The van der Waals surface area contributed by atoms with Gasteiger partial charge in [0, 0.05) is 46.4 Å². The van der Waals surface area contributed by atoms with Gasteiger partial charge < -0.3 is 44.7 Å². The number of nitrogens with zero attached hydrogens (tertiary/aromatic N) is 4. The number of phenols is 2. The van der Waals surface area contributed by atoms with Crippen LogP contribution >= 0.6 is 0 Å². The van der Waals surface area contributed by atoms with Crippen LogP contribution in [0.15, 0.2) is 139 Å². The number of hydrogen-bond donors (Lipinski definition) is 8. The molecule has 354 valence electrons. The van der Waals surface area contributed by atoms with Crippen molar-refractivity contribution in [2.45, 2.75) is 16.7 Å². The first kappa shape index (κ1) is 48.5. The molecule has 0 aliphatic carbocycles. The zero-order chi connectivity index (χ0) is 49.9. The summed E-state index contributed by atoms with van der Waals surface area (Å²) in [6.45, 7) is 1.24. The molecule has 0 saturated heterocycles. The molecule has 1 unspecified atom stereocenters. The maximum absolute atomic E-state index is 12.7. The van der Waals surface area contributed by atoms with Gasteiger partial charge in [-0.05, 0) is 89.6 Å². The van der Waals surface area contributed by atoms with Gasteiger partial charge in [-0.15, -0.1) is 20.5 Å². The SMILES string of the molecule is COc1cc(N=Nc2c(OS(=O)[O-])cc3cc(Nc4ccc(NC(=O)c5ccccc5)c(S(=O)(=O)O)c4)ccc3c2O)c(C(=O)O)cc1N=Nc1c(S(=O)(=O)O)cc2ccc(NC(C)=O)cc2c1O. The van der Waals surface area contributed by atoms with Gasteiger partial charge in [0.2, 0.25) is 5.91 Å². The summed E-state index contributed by atoms with van der Waals surface area (Å²) in [6, 6.07) is 23.9. The number of carboxylic acids is 1. The highest BCUT2D eigenvalue weighted by atomic mass is 32.2. The number of aromatic hydroxyl groups is 2. The van der Waals surface area contributed by atoms with E-state index < -0.39 is 99.0 Å². The number of carboxylic acid groups (broad SMARTS) is 1. The van der Waals surface area contributed by atoms with E-state index in [1.54, 1.807) is 18.2 Å². The average Bonchev–Trinajstić information content (AvgIpc) is 3.28. The van der Waals surface area contributed by atoms with E-state index in [1.165, 1.54) is 67.6 Å². The molecule has 0 aliphatic rings. The molecule has 0 radical (unpaired) electrons. The molecule has 0 heterocycles. The third-order valence-corrected chi connectivity index (χ3v) is 11.8. The van der Waals surface area contributed by atoms with Gasteiger partial charge >= 0.3 is 5.97 Å². The van der Waals surface area contributed by atoms with Crippen LogP contribution in [0.4, 0.5) is 45.5 Å². The molecule has 2 amide bonds. The summed E-state index contributed by atoms with van der Waals surface area (Å²) in [5, 5.41) is 56.4. The topological polar surface area (TPSA) is 365 Å². The van der Waals surface area contributed by atoms with E-state index in [-0.39, 0.29) is 61.3 Å². The van der Waals surface area contributed by atoms with E-state index in [1.807, 2.05) is 0 Å². The highest BCUT2D eigenvalue weighted by molar-refractivity contribution is 7.86. The number of nitrogens with one attached hydrogen (secondary N) is 3. The summed E-state index contributed by atoms with van der Waals surface area (Å²) < 4.78 is 103. The number of amides is 2. The van der Waals surface area contributed by atoms with Crippen molar-refractivity contribution >= 4 is 116 Å². The minimum Gasteiger partial charge on any atom is -0.740 e. The maximum atomic E-state index is 12.7. The van der Waals surface area contributed by atoms with Crippen molar-refractivity contribution in [2.24, 2.45) is 20.5 Å². The number of azo groups is 2. The van der Waals surface area contributed by atoms with E-state index in [4.69, 9.17) is 8.92 Å². The molecular formula is C43H32N7O16S3-. The first-order valence-electron chi connectivity index (χ1n) is 19.3. The minimum absolute atomic E-state index is 0.0128. The van der Waals surface area contributed by atoms with Crippen LogP contribution in [0.3, 0.4) is 0 Å². The van der Waals surface area contributed by atoms with Crippen LogP contribution in [0.5, 0.6) is 23.0 Å². The van der Waals surface area contributed by atoms with Crippen molar-refractivity contribution < 1.29 is 73.3 Å². The molecule has 0 spiro atoms. The van der Waals surface area contributed by atoms with Crippen molar-refractivity contribution in [3.8, 4) is 23.0 Å². The Morgan fingerprint density at radius 2 is 1.29 bits per heavy atom. The minimum atomic E-state index is -5.07. The Morgan fingerprint density at radius 1 is 0.652 bits per heavy atom. The van der Waals surface area contributed by atoms with E-state index in [0.717, 1.165) is 37.4 Å². The number of phenolic OH excluding ortho intramolecular Hbond substituents is 2. The van der Waals surface area contributed by atoms with Crippen LogP contribution in [-0.2, 0) is 36.4 Å². The molecule has 7 aromatic carbocycles. The van der Waals surface area contributed by atoms with Crippen LogP contribution in [0, 0.1) is 0 Å². The second kappa shape index (κ2) is 19.4. The second-order valence-electron chi connectivity index (χ2n) is 14.3. The smallest absolute Gasteiger partial charge is 0.338 e. The van der Waals surface area contributed by atoms with Crippen molar-refractivity contribution in [1.82, 2.24) is 0 Å². The zero-order valence-electron chi connectivity index (χ0n) is 35.1. The number of ether oxygens (including phenoxy) is 1. The van der Waals surface area contributed by atoms with Crippen LogP contribution in [0.2, 0.25) is 0 Å². The van der Waals surface area contributed by atoms with Gasteiger partial charge in [-0.1, -0.05) is 24.3 Å². The number of benzene rings is 7. The van der Waals surface area contributed by atoms with E-state index in [9.17, 15) is 64.4 Å². The highest BCUT2D eigenvalue weighted by Gasteiger charge is 2.25. The molecule has 1 atom stereocenters. The van der Waals surface area contributed by atoms with Crippen molar-refractivity contribution in [3.05, 3.63) is 120 Å². The van der Waals surface area contributed by atoms with Gasteiger partial charge in [0.15, 0.2) is 22.9 Å². The Kier molecular flexibility index (Phi) is 13.7. The Bertz CT molecular complexity index is 3590. The molecular weight excluding hydrogens is 967 g/mol. The summed E-state index contributed by atoms with van der Waals surface area (Å²) in [6.07, 6.45) is 0. The van der Waals surface area contributed by atoms with Gasteiger partial charge in [-0.3, -0.25) is 18.7 Å². The lowest BCUT2D eigenvalue weighted by Crippen LogP contribution is -2.14. The molecule has 0 aromatic heterocycles. The fourth-order valence-corrected chi connectivity index (χ4v) is 8.31. The monoisotopic (exact) mass is 998 g/mol. The predicted molar refractivity (Wildman–Crippen MR) is 247 cm³/mol.